The number of aliphatic carboxylic acids is 1. The van der Waals surface area contributed by atoms with Crippen molar-refractivity contribution in [2.24, 2.45) is 11.3 Å². The lowest BCUT2D eigenvalue weighted by atomic mass is 9.77. The molecule has 3 heteroatoms. The van der Waals surface area contributed by atoms with Crippen LogP contribution in [0.5, 0.6) is 0 Å². The normalized spacial score (nSPS) is 13.5. The van der Waals surface area contributed by atoms with Crippen molar-refractivity contribution in [3.63, 3.8) is 0 Å². The van der Waals surface area contributed by atoms with E-state index in [0.717, 1.165) is 10.0 Å². The van der Waals surface area contributed by atoms with Gasteiger partial charge in [-0.25, -0.2) is 0 Å². The molecule has 1 aromatic carbocycles. The first-order valence-corrected chi connectivity index (χ1v) is 6.07. The molecule has 0 saturated carbocycles. The molecule has 0 saturated heterocycles. The van der Waals surface area contributed by atoms with E-state index in [1.165, 1.54) is 0 Å². The predicted molar refractivity (Wildman–Crippen MR) is 68.4 cm³/mol. The first kappa shape index (κ1) is 13.2. The number of halogens is 1. The lowest BCUT2D eigenvalue weighted by molar-refractivity contribution is -0.145. The highest BCUT2D eigenvalue weighted by atomic mass is 79.9. The fraction of sp³-hybridized carbons (Fsp3) is 0.462. The molecule has 0 aliphatic rings. The molecule has 0 spiro atoms. The Balaban J connectivity index is 2.84. The van der Waals surface area contributed by atoms with Gasteiger partial charge in [0, 0.05) is 4.47 Å². The lowest BCUT2D eigenvalue weighted by Gasteiger charge is -2.27. The Morgan fingerprint density at radius 1 is 1.31 bits per heavy atom. The van der Waals surface area contributed by atoms with Gasteiger partial charge in [-0.2, -0.15) is 0 Å². The van der Waals surface area contributed by atoms with Gasteiger partial charge in [-0.05, 0) is 29.5 Å². The van der Waals surface area contributed by atoms with E-state index in [1.54, 1.807) is 0 Å². The van der Waals surface area contributed by atoms with Crippen molar-refractivity contribution in [1.82, 2.24) is 0 Å². The molecule has 0 amide bonds. The van der Waals surface area contributed by atoms with Gasteiger partial charge in [0.2, 0.25) is 0 Å². The summed E-state index contributed by atoms with van der Waals surface area (Å²) in [6.07, 6.45) is 0.576. The maximum atomic E-state index is 11.2. The third kappa shape index (κ3) is 3.63. The quantitative estimate of drug-likeness (QED) is 0.918. The van der Waals surface area contributed by atoms with Crippen molar-refractivity contribution >= 4 is 21.9 Å². The van der Waals surface area contributed by atoms with E-state index < -0.39 is 5.97 Å². The summed E-state index contributed by atoms with van der Waals surface area (Å²) in [6.45, 7) is 5.89. The van der Waals surface area contributed by atoms with Gasteiger partial charge in [-0.15, -0.1) is 0 Å². The molecule has 0 aromatic heterocycles. The molecule has 2 nitrogen and oxygen atoms in total. The van der Waals surface area contributed by atoms with Crippen LogP contribution < -0.4 is 0 Å². The zero-order valence-electron chi connectivity index (χ0n) is 9.83. The topological polar surface area (TPSA) is 37.3 Å². The van der Waals surface area contributed by atoms with Gasteiger partial charge in [0.15, 0.2) is 0 Å². The van der Waals surface area contributed by atoms with Crippen LogP contribution in [0.3, 0.4) is 0 Å². The summed E-state index contributed by atoms with van der Waals surface area (Å²) in [5, 5.41) is 9.22. The summed E-state index contributed by atoms with van der Waals surface area (Å²) in [7, 11) is 0. The van der Waals surface area contributed by atoms with E-state index in [1.807, 2.05) is 45.0 Å². The van der Waals surface area contributed by atoms with Crippen LogP contribution in [-0.4, -0.2) is 11.1 Å². The summed E-state index contributed by atoms with van der Waals surface area (Å²) in [4.78, 5) is 11.2. The monoisotopic (exact) mass is 284 g/mol. The van der Waals surface area contributed by atoms with Gasteiger partial charge >= 0.3 is 5.97 Å². The molecule has 0 aliphatic heterocycles. The fourth-order valence-corrected chi connectivity index (χ4v) is 1.88. The molecule has 1 unspecified atom stereocenters. The molecule has 88 valence electrons. The lowest BCUT2D eigenvalue weighted by Crippen LogP contribution is -2.30. The summed E-state index contributed by atoms with van der Waals surface area (Å²) in [5.74, 6) is -1.08. The second kappa shape index (κ2) is 5.00. The van der Waals surface area contributed by atoms with Gasteiger partial charge < -0.3 is 5.11 Å². The van der Waals surface area contributed by atoms with Crippen molar-refractivity contribution in [2.75, 3.05) is 0 Å². The average Bonchev–Trinajstić information content (AvgIpc) is 2.14. The van der Waals surface area contributed by atoms with E-state index >= 15 is 0 Å². The largest absolute Gasteiger partial charge is 0.481 e. The van der Waals surface area contributed by atoms with Crippen LogP contribution in [0.25, 0.3) is 0 Å². The van der Waals surface area contributed by atoms with Crippen molar-refractivity contribution < 1.29 is 9.90 Å². The summed E-state index contributed by atoms with van der Waals surface area (Å²) in [6, 6.07) is 7.81. The first-order chi connectivity index (χ1) is 7.30. The molecular formula is C13H17BrO2. The predicted octanol–water partition coefficient (Wildman–Crippen LogP) is 3.74. The number of carboxylic acids is 1. The van der Waals surface area contributed by atoms with Crippen LogP contribution in [0.15, 0.2) is 28.7 Å². The van der Waals surface area contributed by atoms with Crippen molar-refractivity contribution in [3.05, 3.63) is 34.3 Å². The molecule has 0 fully saturated rings. The zero-order chi connectivity index (χ0) is 12.3. The van der Waals surface area contributed by atoms with Crippen LogP contribution in [0.2, 0.25) is 0 Å². The number of carbonyl (C=O) groups is 1. The molecule has 0 heterocycles. The Labute approximate surface area is 105 Å². The highest BCUT2D eigenvalue weighted by Crippen LogP contribution is 2.29. The summed E-state index contributed by atoms with van der Waals surface area (Å²) >= 11 is 3.36. The summed E-state index contributed by atoms with van der Waals surface area (Å²) < 4.78 is 1.01. The van der Waals surface area contributed by atoms with E-state index in [-0.39, 0.29) is 11.3 Å². The number of rotatable bonds is 3. The first-order valence-electron chi connectivity index (χ1n) is 5.28. The average molecular weight is 285 g/mol. The Morgan fingerprint density at radius 3 is 2.19 bits per heavy atom. The van der Waals surface area contributed by atoms with Crippen molar-refractivity contribution in [1.29, 1.82) is 0 Å². The number of benzene rings is 1. The SMILES string of the molecule is CC(C)(C)C(Cc1ccc(Br)cc1)C(=O)O. The van der Waals surface area contributed by atoms with Crippen molar-refractivity contribution in [2.45, 2.75) is 27.2 Å². The molecule has 1 rings (SSSR count). The molecule has 16 heavy (non-hydrogen) atoms. The standard InChI is InChI=1S/C13H17BrO2/c1-13(2,3)11(12(15)16)8-9-4-6-10(14)7-5-9/h4-7,11H,8H2,1-3H3,(H,15,16). The molecule has 0 bridgehead atoms. The fourth-order valence-electron chi connectivity index (χ4n) is 1.62. The van der Waals surface area contributed by atoms with Crippen LogP contribution in [0.1, 0.15) is 26.3 Å². The van der Waals surface area contributed by atoms with Crippen LogP contribution in [0.4, 0.5) is 0 Å². The molecule has 1 aromatic rings. The van der Waals surface area contributed by atoms with E-state index in [4.69, 9.17) is 0 Å². The van der Waals surface area contributed by atoms with E-state index in [9.17, 15) is 9.90 Å². The molecule has 1 atom stereocenters. The molecule has 0 radical (unpaired) electrons. The molecule has 1 N–H and O–H groups in total. The minimum atomic E-state index is -0.726. The van der Waals surface area contributed by atoms with Gasteiger partial charge in [0.05, 0.1) is 5.92 Å². The number of carboxylic acid groups (broad SMARTS) is 1. The zero-order valence-corrected chi connectivity index (χ0v) is 11.4. The Morgan fingerprint density at radius 2 is 1.81 bits per heavy atom. The number of hydrogen-bond acceptors (Lipinski definition) is 1. The van der Waals surface area contributed by atoms with E-state index in [0.29, 0.717) is 6.42 Å². The Hall–Kier alpha value is -0.830. The van der Waals surface area contributed by atoms with Gasteiger partial charge in [0.25, 0.3) is 0 Å². The second-order valence-electron chi connectivity index (χ2n) is 5.09. The minimum absolute atomic E-state index is 0.223. The van der Waals surface area contributed by atoms with Gasteiger partial charge in [-0.3, -0.25) is 4.79 Å². The number of hydrogen-bond donors (Lipinski definition) is 1. The van der Waals surface area contributed by atoms with Gasteiger partial charge in [0.1, 0.15) is 0 Å². The maximum absolute atomic E-state index is 11.2. The van der Waals surface area contributed by atoms with Crippen LogP contribution in [-0.2, 0) is 11.2 Å². The maximum Gasteiger partial charge on any atom is 0.307 e. The van der Waals surface area contributed by atoms with Crippen LogP contribution >= 0.6 is 15.9 Å². The Bertz CT molecular complexity index is 363. The van der Waals surface area contributed by atoms with Gasteiger partial charge in [-0.1, -0.05) is 48.8 Å². The minimum Gasteiger partial charge on any atom is -0.481 e. The Kier molecular flexibility index (Phi) is 4.14. The second-order valence-corrected chi connectivity index (χ2v) is 6.00. The third-order valence-corrected chi connectivity index (χ3v) is 3.23. The highest BCUT2D eigenvalue weighted by Gasteiger charge is 2.30. The van der Waals surface area contributed by atoms with E-state index in [2.05, 4.69) is 15.9 Å². The van der Waals surface area contributed by atoms with Crippen molar-refractivity contribution in [3.8, 4) is 0 Å². The van der Waals surface area contributed by atoms with Crippen LogP contribution in [0, 0.1) is 11.3 Å². The smallest absolute Gasteiger partial charge is 0.307 e. The molecule has 0 aliphatic carbocycles. The third-order valence-electron chi connectivity index (χ3n) is 2.70. The summed E-state index contributed by atoms with van der Waals surface area (Å²) in [5.41, 5.74) is 0.837. The highest BCUT2D eigenvalue weighted by molar-refractivity contribution is 9.10. The molecular weight excluding hydrogens is 268 g/mol.